The maximum Gasteiger partial charge on any atom is 0.410 e. The van der Waals surface area contributed by atoms with Gasteiger partial charge in [0, 0.05) is 37.9 Å². The van der Waals surface area contributed by atoms with E-state index in [0.29, 0.717) is 49.0 Å². The fourth-order valence-electron chi connectivity index (χ4n) is 13.5. The van der Waals surface area contributed by atoms with Crippen molar-refractivity contribution < 1.29 is 33.7 Å². The van der Waals surface area contributed by atoms with Crippen molar-refractivity contribution in [2.24, 2.45) is 23.7 Å². The Kier molecular flexibility index (Phi) is 11.4. The van der Waals surface area contributed by atoms with Gasteiger partial charge < -0.3 is 34.0 Å². The van der Waals surface area contributed by atoms with E-state index in [9.17, 15) is 14.7 Å². The Morgan fingerprint density at radius 2 is 1.67 bits per heavy atom. The van der Waals surface area contributed by atoms with Crippen LogP contribution in [0.15, 0.2) is 11.3 Å². The van der Waals surface area contributed by atoms with Crippen molar-refractivity contribution in [1.82, 2.24) is 14.7 Å². The van der Waals surface area contributed by atoms with Gasteiger partial charge in [0.15, 0.2) is 5.60 Å². The molecular formula is C43H69N3O7Si. The van der Waals surface area contributed by atoms with Crippen LogP contribution in [0.1, 0.15) is 122 Å². The first-order valence-corrected chi connectivity index (χ1v) is 25.3. The predicted octanol–water partition coefficient (Wildman–Crippen LogP) is 7.27. The van der Waals surface area contributed by atoms with Crippen molar-refractivity contribution in [3.05, 3.63) is 11.3 Å². The number of piperidine rings is 1. The average Bonchev–Trinajstić information content (AvgIpc) is 3.83. The Morgan fingerprint density at radius 1 is 0.944 bits per heavy atom. The monoisotopic (exact) mass is 767 g/mol. The molecule has 3 saturated heterocycles. The van der Waals surface area contributed by atoms with Crippen molar-refractivity contribution >= 4 is 26.0 Å². The lowest BCUT2D eigenvalue weighted by Gasteiger charge is -2.47. The summed E-state index contributed by atoms with van der Waals surface area (Å²) in [6.07, 6.45) is 18.2. The Morgan fingerprint density at radius 3 is 2.35 bits per heavy atom. The summed E-state index contributed by atoms with van der Waals surface area (Å²) in [6, 6.07) is 0.110. The van der Waals surface area contributed by atoms with E-state index in [-0.39, 0.29) is 54.2 Å². The number of aliphatic hydroxyl groups excluding tert-OH is 1. The molecule has 4 heterocycles. The summed E-state index contributed by atoms with van der Waals surface area (Å²) in [7, 11) is -0.278. The van der Waals surface area contributed by atoms with E-state index < -0.39 is 13.7 Å². The molecule has 2 unspecified atom stereocenters. The van der Waals surface area contributed by atoms with Crippen molar-refractivity contribution in [2.45, 2.75) is 177 Å². The number of rotatable bonds is 9. The summed E-state index contributed by atoms with van der Waals surface area (Å²) < 4.78 is 18.5. The van der Waals surface area contributed by atoms with Crippen LogP contribution in [0.5, 0.6) is 0 Å². The highest BCUT2D eigenvalue weighted by atomic mass is 28.3. The molecule has 0 aromatic carbocycles. The minimum atomic E-state index is -2.11. The summed E-state index contributed by atoms with van der Waals surface area (Å²) in [4.78, 5) is 48.5. The normalized spacial score (nSPS) is 40.4. The molecule has 302 valence electrons. The molecule has 8 rings (SSSR count). The van der Waals surface area contributed by atoms with Crippen LogP contribution in [0.3, 0.4) is 0 Å². The van der Waals surface area contributed by atoms with Gasteiger partial charge in [0.25, 0.3) is 5.91 Å². The molecular weight excluding hydrogens is 699 g/mol. The van der Waals surface area contributed by atoms with Crippen LogP contribution in [0.25, 0.3) is 0 Å². The molecule has 8 aliphatic rings. The Bertz CT molecular complexity index is 1440. The number of ether oxygens (including phenoxy) is 3. The summed E-state index contributed by atoms with van der Waals surface area (Å²) in [6.45, 7) is 10.0. The van der Waals surface area contributed by atoms with Crippen LogP contribution in [0.4, 0.5) is 4.79 Å². The van der Waals surface area contributed by atoms with Crippen LogP contribution in [0, 0.1) is 23.7 Å². The van der Waals surface area contributed by atoms with Crippen molar-refractivity contribution in [3.63, 3.8) is 0 Å². The number of fused-ring (bicyclic) bond motifs is 2. The number of amides is 3. The standard InChI is InChI=1S/C43H69N3O7Si/c1-28-40(54(3,4)35-19-17-34(51-2)18-20-35)38(24-39(48)45-26-31-10-6-5-9-30(31)23-33(45)27-47)53-43(28)36-11-7-8-12-37(36)46(41(43)49)25-29-13-15-32(16-14-29)44-21-22-52-42(44)50/h28-35,38,40,47H,5-27H2,1-4H3/t28-,29?,30?,31?,32?,33+,34?,35?,38+,40-,43+/m1/s1. The van der Waals surface area contributed by atoms with Gasteiger partial charge in [-0.25, -0.2) is 4.79 Å². The number of nitrogens with zero attached hydrogens (tertiary/aromatic N) is 3. The third-order valence-electron chi connectivity index (χ3n) is 16.5. The third-order valence-corrected chi connectivity index (χ3v) is 21.8. The van der Waals surface area contributed by atoms with E-state index in [1.165, 1.54) is 37.0 Å². The zero-order valence-corrected chi connectivity index (χ0v) is 34.8. The summed E-state index contributed by atoms with van der Waals surface area (Å²) >= 11 is 0. The molecule has 0 aromatic heterocycles. The first kappa shape index (κ1) is 38.9. The Balaban J connectivity index is 1.07. The van der Waals surface area contributed by atoms with Crippen molar-refractivity contribution in [3.8, 4) is 0 Å². The molecule has 11 heteroatoms. The highest BCUT2D eigenvalue weighted by molar-refractivity contribution is 6.80. The van der Waals surface area contributed by atoms with E-state index in [4.69, 9.17) is 14.2 Å². The van der Waals surface area contributed by atoms with E-state index in [1.807, 2.05) is 16.9 Å². The first-order chi connectivity index (χ1) is 26.1. The lowest BCUT2D eigenvalue weighted by Crippen LogP contribution is -2.53. The highest BCUT2D eigenvalue weighted by Gasteiger charge is 2.68. The average molecular weight is 768 g/mol. The lowest BCUT2D eigenvalue weighted by molar-refractivity contribution is -0.154. The van der Waals surface area contributed by atoms with Gasteiger partial charge in [-0.05, 0) is 111 Å². The number of methoxy groups -OCH3 is 1. The second-order valence-electron chi connectivity index (χ2n) is 19.4. The van der Waals surface area contributed by atoms with E-state index >= 15 is 4.79 Å². The molecule has 10 nitrogen and oxygen atoms in total. The van der Waals surface area contributed by atoms with Crippen molar-refractivity contribution in [2.75, 3.05) is 40.0 Å². The number of cyclic esters (lactones) is 1. The molecule has 0 radical (unpaired) electrons. The fourth-order valence-corrected chi connectivity index (χ4v) is 18.6. The Labute approximate surface area is 325 Å². The van der Waals surface area contributed by atoms with E-state index in [0.717, 1.165) is 96.6 Å². The minimum absolute atomic E-state index is 0.00708. The highest BCUT2D eigenvalue weighted by Crippen LogP contribution is 2.62. The van der Waals surface area contributed by atoms with Crippen molar-refractivity contribution in [1.29, 1.82) is 0 Å². The van der Waals surface area contributed by atoms with Gasteiger partial charge in [-0.3, -0.25) is 9.59 Å². The van der Waals surface area contributed by atoms with Gasteiger partial charge in [0.2, 0.25) is 5.91 Å². The molecule has 54 heavy (non-hydrogen) atoms. The fraction of sp³-hybridized carbons (Fsp3) is 0.884. The Hall–Kier alpha value is -1.95. The number of hydrogen-bond donors (Lipinski definition) is 1. The van der Waals surface area contributed by atoms with Crippen LogP contribution >= 0.6 is 0 Å². The maximum atomic E-state index is 15.4. The summed E-state index contributed by atoms with van der Waals surface area (Å²) in [5.74, 6) is 1.77. The SMILES string of the molecule is COC1CCC([Si](C)(C)[C@H]2[C@H](CC(=O)N3CC4CCCCC4C[C@H]3CO)O[C@@]3(C(=O)N(CC4CCC(N5CCOC5=O)CC4)C4=C3CCCC4)[C@@H]2C)CC1. The molecule has 1 N–H and O–H groups in total. The number of allylic oxidation sites excluding steroid dienone is 1. The van der Waals surface area contributed by atoms with Gasteiger partial charge in [-0.1, -0.05) is 52.1 Å². The zero-order chi connectivity index (χ0) is 37.8. The topological polar surface area (TPSA) is 109 Å². The lowest BCUT2D eigenvalue weighted by atomic mass is 9.73. The van der Waals surface area contributed by atoms with Crippen LogP contribution in [0.2, 0.25) is 24.2 Å². The van der Waals surface area contributed by atoms with Gasteiger partial charge in [-0.2, -0.15) is 0 Å². The molecule has 3 amide bonds. The number of hydrogen-bond acceptors (Lipinski definition) is 7. The van der Waals surface area contributed by atoms with Gasteiger partial charge in [0.05, 0.1) is 45.9 Å². The van der Waals surface area contributed by atoms with E-state index in [2.05, 4.69) is 24.9 Å². The number of carbonyl (C=O) groups is 3. The van der Waals surface area contributed by atoms with Crippen LogP contribution < -0.4 is 0 Å². The van der Waals surface area contributed by atoms with E-state index in [1.54, 1.807) is 0 Å². The predicted molar refractivity (Wildman–Crippen MR) is 209 cm³/mol. The smallest absolute Gasteiger partial charge is 0.410 e. The number of aliphatic hydroxyl groups is 1. The molecule has 0 aromatic rings. The molecule has 3 saturated carbocycles. The first-order valence-electron chi connectivity index (χ1n) is 22.2. The minimum Gasteiger partial charge on any atom is -0.448 e. The number of carbonyl (C=O) groups excluding carboxylic acids is 3. The molecule has 1 spiro atoms. The second kappa shape index (κ2) is 15.8. The molecule has 7 atom stereocenters. The zero-order valence-electron chi connectivity index (χ0n) is 33.8. The maximum absolute atomic E-state index is 15.4. The number of likely N-dealkylation sites (tertiary alicyclic amines) is 1. The molecule has 4 aliphatic carbocycles. The molecule has 6 fully saturated rings. The van der Waals surface area contributed by atoms with Gasteiger partial charge in [-0.15, -0.1) is 0 Å². The quantitative estimate of drug-likeness (QED) is 0.246. The summed E-state index contributed by atoms with van der Waals surface area (Å²) in [5.41, 5.74) is 2.20. The van der Waals surface area contributed by atoms with Crippen LogP contribution in [-0.4, -0.2) is 116 Å². The van der Waals surface area contributed by atoms with Crippen LogP contribution in [-0.2, 0) is 23.8 Å². The summed E-state index contributed by atoms with van der Waals surface area (Å²) in [5, 5.41) is 10.6. The third kappa shape index (κ3) is 6.80. The molecule has 4 aliphatic heterocycles. The van der Waals surface area contributed by atoms with Gasteiger partial charge >= 0.3 is 6.09 Å². The van der Waals surface area contributed by atoms with Gasteiger partial charge in [0.1, 0.15) is 6.61 Å². The largest absolute Gasteiger partial charge is 0.448 e. The molecule has 0 bridgehead atoms. The second-order valence-corrected chi connectivity index (χ2v) is 24.5.